The van der Waals surface area contributed by atoms with Crippen LogP contribution in [0.5, 0.6) is 5.75 Å². The van der Waals surface area contributed by atoms with Crippen LogP contribution in [-0.4, -0.2) is 75.1 Å². The largest absolute Gasteiger partial charge is 0.484 e. The van der Waals surface area contributed by atoms with Crippen LogP contribution in [-0.2, 0) is 11.3 Å². The number of amides is 1. The summed E-state index contributed by atoms with van der Waals surface area (Å²) >= 11 is 0. The highest BCUT2D eigenvalue weighted by atomic mass is 127. The Morgan fingerprint density at radius 2 is 2.10 bits per heavy atom. The van der Waals surface area contributed by atoms with Gasteiger partial charge in [0.15, 0.2) is 12.6 Å². The molecule has 30 heavy (non-hydrogen) atoms. The second-order valence-corrected chi connectivity index (χ2v) is 7.81. The molecule has 2 N–H and O–H groups in total. The normalized spacial score (nSPS) is 17.1. The summed E-state index contributed by atoms with van der Waals surface area (Å²) in [6.45, 7) is 6.29. The van der Waals surface area contributed by atoms with Crippen molar-refractivity contribution in [3.05, 3.63) is 29.8 Å². The first-order valence-electron chi connectivity index (χ1n) is 10.6. The first kappa shape index (κ1) is 26.5. The van der Waals surface area contributed by atoms with E-state index in [2.05, 4.69) is 27.4 Å². The standard InChI is InChI=1S/C22H37N5O2.HI/c1-18-9-5-6-13-27(18)14-8-12-24-22(23-2)25-16-19-10-7-11-20(15-19)29-17-21(28)26(3)4;/h7,10-11,15,18H,5-6,8-9,12-14,16-17H2,1-4H3,(H2,23,24,25);1H. The SMILES string of the molecule is CN=C(NCCCN1CCCCC1C)NCc1cccc(OCC(=O)N(C)C)c1.I. The van der Waals surface area contributed by atoms with Crippen molar-refractivity contribution in [1.29, 1.82) is 0 Å². The van der Waals surface area contributed by atoms with Crippen LogP contribution in [0.15, 0.2) is 29.3 Å². The maximum absolute atomic E-state index is 11.7. The smallest absolute Gasteiger partial charge is 0.259 e. The van der Waals surface area contributed by atoms with Crippen molar-refractivity contribution in [2.75, 3.05) is 47.4 Å². The quantitative estimate of drug-likeness (QED) is 0.222. The average Bonchev–Trinajstić information content (AvgIpc) is 2.73. The zero-order chi connectivity index (χ0) is 21.1. The minimum atomic E-state index is -0.0583. The number of benzene rings is 1. The fraction of sp³-hybridized carbons (Fsp3) is 0.636. The lowest BCUT2D eigenvalue weighted by atomic mass is 10.0. The van der Waals surface area contributed by atoms with Crippen LogP contribution in [0.3, 0.4) is 0 Å². The number of hydrogen-bond donors (Lipinski definition) is 2. The second kappa shape index (κ2) is 14.5. The number of carbonyl (C=O) groups excluding carboxylic acids is 1. The number of halogens is 1. The van der Waals surface area contributed by atoms with Gasteiger partial charge < -0.3 is 25.2 Å². The highest BCUT2D eigenvalue weighted by Crippen LogP contribution is 2.16. The molecular formula is C22H38IN5O2. The molecule has 1 aliphatic heterocycles. The lowest BCUT2D eigenvalue weighted by Crippen LogP contribution is -2.41. The van der Waals surface area contributed by atoms with Gasteiger partial charge in [0.1, 0.15) is 5.75 Å². The Bertz CT molecular complexity index is 669. The minimum absolute atomic E-state index is 0. The van der Waals surface area contributed by atoms with Crippen molar-refractivity contribution in [3.63, 3.8) is 0 Å². The zero-order valence-corrected chi connectivity index (χ0v) is 21.1. The number of likely N-dealkylation sites (tertiary alicyclic amines) is 1. The van der Waals surface area contributed by atoms with Gasteiger partial charge in [0, 0.05) is 46.8 Å². The number of hydrogen-bond acceptors (Lipinski definition) is 4. The van der Waals surface area contributed by atoms with E-state index in [4.69, 9.17) is 4.74 Å². The molecule has 1 unspecified atom stereocenters. The molecule has 2 rings (SSSR count). The second-order valence-electron chi connectivity index (χ2n) is 7.81. The van der Waals surface area contributed by atoms with E-state index in [1.807, 2.05) is 24.3 Å². The van der Waals surface area contributed by atoms with E-state index in [1.165, 1.54) is 30.7 Å². The Balaban J connectivity index is 0.00000450. The number of rotatable bonds is 9. The van der Waals surface area contributed by atoms with Gasteiger partial charge in [-0.3, -0.25) is 9.79 Å². The number of ether oxygens (including phenoxy) is 1. The molecule has 1 aromatic rings. The van der Waals surface area contributed by atoms with Crippen LogP contribution in [0.25, 0.3) is 0 Å². The Morgan fingerprint density at radius 3 is 2.80 bits per heavy atom. The van der Waals surface area contributed by atoms with E-state index in [9.17, 15) is 4.79 Å². The van der Waals surface area contributed by atoms with Crippen LogP contribution in [0.1, 0.15) is 38.2 Å². The van der Waals surface area contributed by atoms with Gasteiger partial charge in [0.05, 0.1) is 0 Å². The first-order chi connectivity index (χ1) is 14.0. The third-order valence-electron chi connectivity index (χ3n) is 5.30. The van der Waals surface area contributed by atoms with Crippen molar-refractivity contribution in [2.24, 2.45) is 4.99 Å². The summed E-state index contributed by atoms with van der Waals surface area (Å²) in [5, 5.41) is 6.73. The Hall–Kier alpha value is -1.55. The molecule has 1 aliphatic rings. The van der Waals surface area contributed by atoms with E-state index < -0.39 is 0 Å². The highest BCUT2D eigenvalue weighted by molar-refractivity contribution is 14.0. The molecule has 1 atom stereocenters. The summed E-state index contributed by atoms with van der Waals surface area (Å²) in [7, 11) is 5.23. The summed E-state index contributed by atoms with van der Waals surface area (Å²) < 4.78 is 5.58. The number of nitrogens with zero attached hydrogens (tertiary/aromatic N) is 3. The van der Waals surface area contributed by atoms with Crippen molar-refractivity contribution >= 4 is 35.8 Å². The van der Waals surface area contributed by atoms with Crippen LogP contribution < -0.4 is 15.4 Å². The Morgan fingerprint density at radius 1 is 1.30 bits per heavy atom. The van der Waals surface area contributed by atoms with Crippen LogP contribution in [0, 0.1) is 0 Å². The monoisotopic (exact) mass is 531 g/mol. The maximum Gasteiger partial charge on any atom is 0.259 e. The minimum Gasteiger partial charge on any atom is -0.484 e. The number of piperidine rings is 1. The molecule has 7 nitrogen and oxygen atoms in total. The van der Waals surface area contributed by atoms with Gasteiger partial charge in [-0.25, -0.2) is 0 Å². The molecule has 0 spiro atoms. The molecule has 1 heterocycles. The Labute approximate surface area is 198 Å². The first-order valence-corrected chi connectivity index (χ1v) is 10.6. The zero-order valence-electron chi connectivity index (χ0n) is 18.8. The molecular weight excluding hydrogens is 493 g/mol. The van der Waals surface area contributed by atoms with Crippen molar-refractivity contribution in [3.8, 4) is 5.75 Å². The van der Waals surface area contributed by atoms with Crippen molar-refractivity contribution in [2.45, 2.75) is 45.2 Å². The summed E-state index contributed by atoms with van der Waals surface area (Å²) in [6, 6.07) is 8.48. The van der Waals surface area contributed by atoms with Crippen molar-refractivity contribution in [1.82, 2.24) is 20.4 Å². The topological polar surface area (TPSA) is 69.2 Å². The van der Waals surface area contributed by atoms with Gasteiger partial charge in [-0.2, -0.15) is 0 Å². The van der Waals surface area contributed by atoms with Gasteiger partial charge in [-0.15, -0.1) is 24.0 Å². The van der Waals surface area contributed by atoms with Gasteiger partial charge in [0.2, 0.25) is 0 Å². The van der Waals surface area contributed by atoms with E-state index in [0.29, 0.717) is 18.3 Å². The fourth-order valence-corrected chi connectivity index (χ4v) is 3.40. The summed E-state index contributed by atoms with van der Waals surface area (Å²) in [5.41, 5.74) is 1.07. The molecule has 8 heteroatoms. The third-order valence-corrected chi connectivity index (χ3v) is 5.30. The van der Waals surface area contributed by atoms with Crippen LogP contribution in [0.4, 0.5) is 0 Å². The Kier molecular flexibility index (Phi) is 12.8. The number of guanidine groups is 1. The third kappa shape index (κ3) is 9.51. The molecule has 1 fully saturated rings. The average molecular weight is 531 g/mol. The number of carbonyl (C=O) groups is 1. The van der Waals surface area contributed by atoms with Crippen LogP contribution in [0.2, 0.25) is 0 Å². The lowest BCUT2D eigenvalue weighted by Gasteiger charge is -2.33. The van der Waals surface area contributed by atoms with E-state index in [-0.39, 0.29) is 36.5 Å². The number of nitrogens with one attached hydrogen (secondary N) is 2. The van der Waals surface area contributed by atoms with E-state index in [1.54, 1.807) is 21.1 Å². The van der Waals surface area contributed by atoms with Crippen molar-refractivity contribution < 1.29 is 9.53 Å². The lowest BCUT2D eigenvalue weighted by molar-refractivity contribution is -0.130. The van der Waals surface area contributed by atoms with E-state index >= 15 is 0 Å². The molecule has 1 amide bonds. The van der Waals surface area contributed by atoms with Gasteiger partial charge in [-0.1, -0.05) is 18.6 Å². The molecule has 1 aromatic carbocycles. The summed E-state index contributed by atoms with van der Waals surface area (Å²) in [5.74, 6) is 1.43. The van der Waals surface area contributed by atoms with Crippen LogP contribution >= 0.6 is 24.0 Å². The molecule has 0 aliphatic carbocycles. The van der Waals surface area contributed by atoms with Gasteiger partial charge in [0.25, 0.3) is 5.91 Å². The summed E-state index contributed by atoms with van der Waals surface area (Å²) in [6.07, 6.45) is 5.12. The molecule has 1 saturated heterocycles. The van der Waals surface area contributed by atoms with Gasteiger partial charge in [-0.05, 0) is 50.4 Å². The molecule has 0 aromatic heterocycles. The fourth-order valence-electron chi connectivity index (χ4n) is 3.40. The molecule has 0 saturated carbocycles. The predicted octanol–water partition coefficient (Wildman–Crippen LogP) is 2.70. The highest BCUT2D eigenvalue weighted by Gasteiger charge is 2.17. The van der Waals surface area contributed by atoms with Gasteiger partial charge >= 0.3 is 0 Å². The molecule has 0 bridgehead atoms. The molecule has 0 radical (unpaired) electrons. The number of likely N-dealkylation sites (N-methyl/N-ethyl adjacent to an activating group) is 1. The maximum atomic E-state index is 11.7. The molecule has 170 valence electrons. The van der Waals surface area contributed by atoms with E-state index in [0.717, 1.165) is 31.0 Å². The summed E-state index contributed by atoms with van der Waals surface area (Å²) in [4.78, 5) is 20.1. The predicted molar refractivity (Wildman–Crippen MR) is 134 cm³/mol. The number of aliphatic imine (C=N–C) groups is 1.